The quantitative estimate of drug-likeness (QED) is 0.572. The number of hydrogen-bond acceptors (Lipinski definition) is 5. The Bertz CT molecular complexity index is 1070. The summed E-state index contributed by atoms with van der Waals surface area (Å²) in [6, 6.07) is 15.0. The number of amides is 1. The van der Waals surface area contributed by atoms with Crippen LogP contribution >= 0.6 is 0 Å². The molecule has 3 heterocycles. The van der Waals surface area contributed by atoms with Gasteiger partial charge in [-0.15, -0.1) is 0 Å². The summed E-state index contributed by atoms with van der Waals surface area (Å²) in [5.74, 6) is 1.38. The maximum absolute atomic E-state index is 13.0. The molecule has 6 nitrogen and oxygen atoms in total. The van der Waals surface area contributed by atoms with E-state index in [0.29, 0.717) is 19.1 Å². The van der Waals surface area contributed by atoms with Gasteiger partial charge in [0, 0.05) is 13.7 Å². The molecule has 2 bridgehead atoms. The lowest BCUT2D eigenvalue weighted by Crippen LogP contribution is -2.53. The van der Waals surface area contributed by atoms with Gasteiger partial charge in [0.05, 0.1) is 12.6 Å². The Hall–Kier alpha value is -2.57. The number of aryl methyl sites for hydroxylation is 1. The van der Waals surface area contributed by atoms with Crippen LogP contribution in [0.5, 0.6) is 5.75 Å². The number of carbonyl (C=O) groups is 1. The fraction of sp³-hybridized carbons (Fsp3) is 0.552. The second-order valence-corrected chi connectivity index (χ2v) is 10.8. The minimum absolute atomic E-state index is 0.0384. The number of nitrogens with one attached hydrogen (secondary N) is 1. The summed E-state index contributed by atoms with van der Waals surface area (Å²) in [6.07, 6.45) is 6.63. The van der Waals surface area contributed by atoms with Gasteiger partial charge >= 0.3 is 6.09 Å². The molecule has 6 heteroatoms. The molecule has 2 aromatic rings. The number of ether oxygens (including phenoxy) is 3. The molecular weight excluding hydrogens is 440 g/mol. The highest BCUT2D eigenvalue weighted by atomic mass is 16.6. The molecule has 2 aromatic carbocycles. The maximum Gasteiger partial charge on any atom is 0.407 e. The van der Waals surface area contributed by atoms with E-state index in [4.69, 9.17) is 14.2 Å². The Kier molecular flexibility index (Phi) is 6.19. The highest BCUT2D eigenvalue weighted by Crippen LogP contribution is 2.61. The van der Waals surface area contributed by atoms with Gasteiger partial charge in [-0.2, -0.15) is 0 Å². The van der Waals surface area contributed by atoms with Crippen LogP contribution in [0.1, 0.15) is 49.3 Å². The third-order valence-corrected chi connectivity index (χ3v) is 8.69. The summed E-state index contributed by atoms with van der Waals surface area (Å²) in [4.78, 5) is 15.5. The van der Waals surface area contributed by atoms with E-state index in [1.54, 1.807) is 7.11 Å². The normalized spacial score (nSPS) is 27.8. The van der Waals surface area contributed by atoms with Crippen LogP contribution in [0.25, 0.3) is 11.1 Å². The fourth-order valence-corrected chi connectivity index (χ4v) is 6.41. The molecule has 0 aromatic heterocycles. The van der Waals surface area contributed by atoms with Crippen LogP contribution in [0.3, 0.4) is 0 Å². The molecule has 4 fully saturated rings. The van der Waals surface area contributed by atoms with Crippen molar-refractivity contribution < 1.29 is 19.0 Å². The molecule has 3 saturated heterocycles. The Morgan fingerprint density at radius 2 is 1.89 bits per heavy atom. The molecule has 2 aliphatic carbocycles. The first kappa shape index (κ1) is 22.9. The summed E-state index contributed by atoms with van der Waals surface area (Å²) in [5.41, 5.74) is 5.12. The smallest absolute Gasteiger partial charge is 0.407 e. The lowest BCUT2D eigenvalue weighted by atomic mass is 9.76. The van der Waals surface area contributed by atoms with Gasteiger partial charge in [-0.1, -0.05) is 30.3 Å². The molecule has 35 heavy (non-hydrogen) atoms. The predicted molar refractivity (Wildman–Crippen MR) is 135 cm³/mol. The first-order valence-electron chi connectivity index (χ1n) is 13.2. The van der Waals surface area contributed by atoms with Crippen molar-refractivity contribution in [3.63, 3.8) is 0 Å². The molecule has 1 amide bonds. The highest BCUT2D eigenvalue weighted by Gasteiger charge is 2.53. The zero-order chi connectivity index (χ0) is 23.8. The van der Waals surface area contributed by atoms with Gasteiger partial charge in [-0.05, 0) is 97.3 Å². The van der Waals surface area contributed by atoms with Crippen LogP contribution in [-0.2, 0) is 15.9 Å². The van der Waals surface area contributed by atoms with Crippen LogP contribution in [0.15, 0.2) is 42.5 Å². The van der Waals surface area contributed by atoms with Gasteiger partial charge < -0.3 is 19.5 Å². The number of methoxy groups -OCH3 is 1. The molecule has 186 valence electrons. The largest absolute Gasteiger partial charge is 0.491 e. The number of benzene rings is 2. The highest BCUT2D eigenvalue weighted by molar-refractivity contribution is 5.70. The van der Waals surface area contributed by atoms with Gasteiger partial charge in [0.25, 0.3) is 0 Å². The van der Waals surface area contributed by atoms with Crippen LogP contribution in [0, 0.1) is 11.3 Å². The molecule has 2 atom stereocenters. The summed E-state index contributed by atoms with van der Waals surface area (Å²) >= 11 is 0. The van der Waals surface area contributed by atoms with Crippen molar-refractivity contribution in [3.8, 4) is 16.9 Å². The number of hydrogen-bond donors (Lipinski definition) is 1. The SMILES string of the molecule is COCCOc1cccc(-c2ccc3c(c2)CCC2(CC2)C3NC(=O)O[C@H]2CN3CCC2CC3)c1. The maximum atomic E-state index is 13.0. The third-order valence-electron chi connectivity index (χ3n) is 8.69. The van der Waals surface area contributed by atoms with E-state index < -0.39 is 0 Å². The molecule has 5 aliphatic rings. The van der Waals surface area contributed by atoms with Crippen molar-refractivity contribution in [2.75, 3.05) is 40.0 Å². The first-order chi connectivity index (χ1) is 17.1. The zero-order valence-electron chi connectivity index (χ0n) is 20.6. The third kappa shape index (κ3) is 4.66. The second kappa shape index (κ2) is 9.47. The van der Waals surface area contributed by atoms with Crippen molar-refractivity contribution in [2.45, 2.75) is 50.7 Å². The summed E-state index contributed by atoms with van der Waals surface area (Å²) in [5, 5.41) is 3.32. The average molecular weight is 477 g/mol. The van der Waals surface area contributed by atoms with Crippen LogP contribution in [0.4, 0.5) is 4.79 Å². The van der Waals surface area contributed by atoms with E-state index in [2.05, 4.69) is 40.5 Å². The van der Waals surface area contributed by atoms with Crippen LogP contribution < -0.4 is 10.1 Å². The van der Waals surface area contributed by atoms with Gasteiger partial charge in [0.2, 0.25) is 0 Å². The number of nitrogens with zero attached hydrogens (tertiary/aromatic N) is 1. The van der Waals surface area contributed by atoms with E-state index in [9.17, 15) is 4.79 Å². The molecule has 0 radical (unpaired) electrons. The van der Waals surface area contributed by atoms with E-state index >= 15 is 0 Å². The van der Waals surface area contributed by atoms with E-state index in [-0.39, 0.29) is 23.7 Å². The number of carbonyl (C=O) groups excluding carboxylic acids is 1. The van der Waals surface area contributed by atoms with Gasteiger partial charge in [0.1, 0.15) is 18.5 Å². The summed E-state index contributed by atoms with van der Waals surface area (Å²) < 4.78 is 16.9. The van der Waals surface area contributed by atoms with Crippen LogP contribution in [0.2, 0.25) is 0 Å². The lowest BCUT2D eigenvalue weighted by molar-refractivity contribution is -0.0347. The van der Waals surface area contributed by atoms with Gasteiger partial charge in [-0.3, -0.25) is 4.90 Å². The van der Waals surface area contributed by atoms with Crippen molar-refractivity contribution in [2.24, 2.45) is 11.3 Å². The lowest BCUT2D eigenvalue weighted by Gasteiger charge is -2.44. The van der Waals surface area contributed by atoms with Gasteiger partial charge in [0.15, 0.2) is 0 Å². The number of fused-ring (bicyclic) bond motifs is 4. The monoisotopic (exact) mass is 476 g/mol. The van der Waals surface area contributed by atoms with Crippen molar-refractivity contribution in [1.82, 2.24) is 10.2 Å². The molecular formula is C29H36N2O4. The Morgan fingerprint density at radius 1 is 1.06 bits per heavy atom. The zero-order valence-corrected chi connectivity index (χ0v) is 20.6. The Labute approximate surface area is 207 Å². The van der Waals surface area contributed by atoms with Crippen molar-refractivity contribution in [3.05, 3.63) is 53.6 Å². The molecule has 1 spiro atoms. The summed E-state index contributed by atoms with van der Waals surface area (Å²) in [6.45, 7) is 4.30. The van der Waals surface area contributed by atoms with E-state index in [1.165, 1.54) is 29.5 Å². The molecule has 3 aliphatic heterocycles. The van der Waals surface area contributed by atoms with E-state index in [1.807, 2.05) is 12.1 Å². The van der Waals surface area contributed by atoms with Crippen molar-refractivity contribution in [1.29, 1.82) is 0 Å². The first-order valence-corrected chi connectivity index (χ1v) is 13.2. The van der Waals surface area contributed by atoms with Crippen LogP contribution in [-0.4, -0.2) is 57.1 Å². The fourth-order valence-electron chi connectivity index (χ4n) is 6.41. The topological polar surface area (TPSA) is 60.0 Å². The molecule has 1 saturated carbocycles. The number of rotatable bonds is 7. The Balaban J connectivity index is 1.18. The molecule has 1 unspecified atom stereocenters. The average Bonchev–Trinajstić information content (AvgIpc) is 3.67. The molecule has 1 N–H and O–H groups in total. The number of piperidine rings is 3. The van der Waals surface area contributed by atoms with Gasteiger partial charge in [-0.25, -0.2) is 4.79 Å². The minimum Gasteiger partial charge on any atom is -0.491 e. The standard InChI is InChI=1S/C29H36N2O4/c1-33-15-16-34-24-4-2-3-21(18-24)22-5-6-25-23(17-22)7-10-29(11-12-29)27(25)30-28(32)35-26-19-31-13-8-20(26)9-14-31/h2-6,17-18,20,26-27H,7-16,19H2,1H3,(H,30,32)/t26-,27?/m0/s1. The number of alkyl carbamates (subject to hydrolysis) is 1. The predicted octanol–water partition coefficient (Wildman–Crippen LogP) is 4.97. The Morgan fingerprint density at radius 3 is 2.63 bits per heavy atom. The molecule has 7 rings (SSSR count). The summed E-state index contributed by atoms with van der Waals surface area (Å²) in [7, 11) is 1.68. The van der Waals surface area contributed by atoms with Crippen molar-refractivity contribution >= 4 is 6.09 Å². The second-order valence-electron chi connectivity index (χ2n) is 10.8. The minimum atomic E-state index is -0.238. The van der Waals surface area contributed by atoms with E-state index in [0.717, 1.165) is 56.6 Å².